The number of fused-ring (bicyclic) bond motifs is 1. The van der Waals surface area contributed by atoms with Gasteiger partial charge in [0.2, 0.25) is 5.95 Å². The Morgan fingerprint density at radius 2 is 1.93 bits per heavy atom. The molecule has 0 fully saturated rings. The molecule has 0 saturated heterocycles. The molecule has 6 heteroatoms. The Morgan fingerprint density at radius 1 is 1.07 bits per heavy atom. The number of hydrogen-bond acceptors (Lipinski definition) is 5. The van der Waals surface area contributed by atoms with Gasteiger partial charge in [-0.1, -0.05) is 50.2 Å². The number of para-hydroxylation sites is 2. The third-order valence-electron chi connectivity index (χ3n) is 5.10. The van der Waals surface area contributed by atoms with Crippen LogP contribution in [-0.4, -0.2) is 26.7 Å². The van der Waals surface area contributed by atoms with Crippen molar-refractivity contribution >= 4 is 28.4 Å². The molecule has 0 saturated carbocycles. The van der Waals surface area contributed by atoms with Gasteiger partial charge >= 0.3 is 0 Å². The van der Waals surface area contributed by atoms with Gasteiger partial charge in [-0.15, -0.1) is 5.10 Å². The molecule has 3 N–H and O–H groups in total. The molecule has 0 amide bonds. The van der Waals surface area contributed by atoms with Crippen LogP contribution in [0.4, 0.5) is 17.5 Å². The van der Waals surface area contributed by atoms with Crippen molar-refractivity contribution in [2.45, 2.75) is 33.1 Å². The van der Waals surface area contributed by atoms with Crippen molar-refractivity contribution in [1.82, 2.24) is 20.2 Å². The largest absolute Gasteiger partial charge is 0.368 e. The molecule has 2 aromatic carbocycles. The second kappa shape index (κ2) is 8.31. The molecule has 4 aromatic rings. The third-order valence-corrected chi connectivity index (χ3v) is 5.10. The van der Waals surface area contributed by atoms with E-state index >= 15 is 0 Å². The first-order valence-corrected chi connectivity index (χ1v) is 9.97. The van der Waals surface area contributed by atoms with E-state index in [2.05, 4.69) is 94.2 Å². The molecule has 0 bridgehead atoms. The van der Waals surface area contributed by atoms with Crippen LogP contribution in [0.3, 0.4) is 0 Å². The fourth-order valence-corrected chi connectivity index (χ4v) is 3.56. The molecule has 0 unspecified atom stereocenters. The number of aryl methyl sites for hydroxylation is 1. The number of aromatic nitrogens is 4. The number of nitrogens with zero attached hydrogens (tertiary/aromatic N) is 3. The first-order valence-electron chi connectivity index (χ1n) is 9.97. The minimum atomic E-state index is 0.405. The van der Waals surface area contributed by atoms with E-state index in [0.717, 1.165) is 29.7 Å². The molecule has 2 aromatic heterocycles. The lowest BCUT2D eigenvalue weighted by atomic mass is 9.98. The van der Waals surface area contributed by atoms with Gasteiger partial charge in [0.25, 0.3) is 0 Å². The predicted octanol–water partition coefficient (Wildman–Crippen LogP) is 5.18. The number of H-pyrrole nitrogens is 1. The molecule has 0 radical (unpaired) electrons. The summed E-state index contributed by atoms with van der Waals surface area (Å²) in [4.78, 5) is 7.90. The number of rotatable bonds is 7. The molecule has 0 aliphatic carbocycles. The van der Waals surface area contributed by atoms with E-state index in [0.29, 0.717) is 17.7 Å². The molecule has 0 aliphatic rings. The lowest BCUT2D eigenvalue weighted by Crippen LogP contribution is -2.09. The quantitative estimate of drug-likeness (QED) is 0.408. The Hall–Kier alpha value is -3.41. The van der Waals surface area contributed by atoms with Crippen LogP contribution in [0.15, 0.2) is 54.9 Å². The van der Waals surface area contributed by atoms with Crippen molar-refractivity contribution in [1.29, 1.82) is 0 Å². The molecule has 0 aliphatic heterocycles. The third kappa shape index (κ3) is 4.21. The van der Waals surface area contributed by atoms with Crippen molar-refractivity contribution in [3.05, 3.63) is 71.5 Å². The van der Waals surface area contributed by atoms with E-state index in [1.807, 2.05) is 6.07 Å². The Balaban J connectivity index is 1.44. The van der Waals surface area contributed by atoms with E-state index in [1.165, 1.54) is 16.5 Å². The highest BCUT2D eigenvalue weighted by Gasteiger charge is 2.11. The highest BCUT2D eigenvalue weighted by molar-refractivity contribution is 5.83. The average molecular weight is 387 g/mol. The van der Waals surface area contributed by atoms with Crippen LogP contribution in [0.5, 0.6) is 0 Å². The summed E-state index contributed by atoms with van der Waals surface area (Å²) >= 11 is 0. The van der Waals surface area contributed by atoms with E-state index in [-0.39, 0.29) is 0 Å². The molecular weight excluding hydrogens is 360 g/mol. The highest BCUT2D eigenvalue weighted by Crippen LogP contribution is 2.29. The monoisotopic (exact) mass is 386 g/mol. The van der Waals surface area contributed by atoms with Crippen LogP contribution >= 0.6 is 0 Å². The van der Waals surface area contributed by atoms with Gasteiger partial charge in [-0.3, -0.25) is 0 Å². The number of nitrogens with one attached hydrogen (secondary N) is 3. The maximum absolute atomic E-state index is 4.59. The van der Waals surface area contributed by atoms with Gasteiger partial charge in [0, 0.05) is 29.3 Å². The molecular formula is C23H26N6. The minimum absolute atomic E-state index is 0.405. The lowest BCUT2D eigenvalue weighted by Gasteiger charge is -2.16. The van der Waals surface area contributed by atoms with Crippen LogP contribution < -0.4 is 10.6 Å². The Labute approximate surface area is 170 Å². The van der Waals surface area contributed by atoms with Crippen LogP contribution in [0.1, 0.15) is 36.5 Å². The number of benzene rings is 2. The molecule has 2 heterocycles. The predicted molar refractivity (Wildman–Crippen MR) is 119 cm³/mol. The SMILES string of the molecule is Cc1cccc(C(C)C)c1Nc1nncc(NCCc2c[nH]c3ccccc23)n1. The van der Waals surface area contributed by atoms with E-state index in [4.69, 9.17) is 0 Å². The van der Waals surface area contributed by atoms with E-state index in [9.17, 15) is 0 Å². The van der Waals surface area contributed by atoms with Crippen LogP contribution in [0, 0.1) is 6.92 Å². The van der Waals surface area contributed by atoms with Gasteiger partial charge in [0.1, 0.15) is 0 Å². The summed E-state index contributed by atoms with van der Waals surface area (Å²) in [5.74, 6) is 1.61. The molecule has 0 atom stereocenters. The Bertz CT molecular complexity index is 1120. The summed E-state index contributed by atoms with van der Waals surface area (Å²) in [7, 11) is 0. The van der Waals surface area contributed by atoms with Gasteiger partial charge in [-0.05, 0) is 42.0 Å². The zero-order valence-electron chi connectivity index (χ0n) is 17.0. The fraction of sp³-hybridized carbons (Fsp3) is 0.261. The maximum atomic E-state index is 4.59. The van der Waals surface area contributed by atoms with Crippen LogP contribution in [-0.2, 0) is 6.42 Å². The zero-order chi connectivity index (χ0) is 20.2. The molecule has 6 nitrogen and oxygen atoms in total. The van der Waals surface area contributed by atoms with Crippen molar-refractivity contribution in [3.8, 4) is 0 Å². The van der Waals surface area contributed by atoms with Crippen LogP contribution in [0.25, 0.3) is 10.9 Å². The second-order valence-electron chi connectivity index (χ2n) is 7.52. The molecule has 0 spiro atoms. The summed E-state index contributed by atoms with van der Waals surface area (Å²) < 4.78 is 0. The highest BCUT2D eigenvalue weighted by atomic mass is 15.3. The standard InChI is InChI=1S/C23H26N6/c1-15(2)18-9-6-7-16(3)22(18)28-23-27-21(14-26-29-23)24-12-11-17-13-25-20-10-5-4-8-19(17)20/h4-10,13-15,25H,11-12H2,1-3H3,(H2,24,27,28,29). The molecule has 4 rings (SSSR count). The summed E-state index contributed by atoms with van der Waals surface area (Å²) in [6.45, 7) is 7.22. The molecule has 29 heavy (non-hydrogen) atoms. The lowest BCUT2D eigenvalue weighted by molar-refractivity contribution is 0.865. The summed E-state index contributed by atoms with van der Waals surface area (Å²) in [5, 5.41) is 16.2. The first-order chi connectivity index (χ1) is 14.1. The van der Waals surface area contributed by atoms with Crippen molar-refractivity contribution in [2.75, 3.05) is 17.2 Å². The fourth-order valence-electron chi connectivity index (χ4n) is 3.56. The minimum Gasteiger partial charge on any atom is -0.368 e. The van der Waals surface area contributed by atoms with Gasteiger partial charge in [-0.2, -0.15) is 10.1 Å². The second-order valence-corrected chi connectivity index (χ2v) is 7.52. The van der Waals surface area contributed by atoms with E-state index in [1.54, 1.807) is 6.20 Å². The summed E-state index contributed by atoms with van der Waals surface area (Å²) in [5.41, 5.74) is 5.91. The zero-order valence-corrected chi connectivity index (χ0v) is 17.0. The van der Waals surface area contributed by atoms with Gasteiger partial charge in [-0.25, -0.2) is 0 Å². The molecule has 148 valence electrons. The van der Waals surface area contributed by atoms with Gasteiger partial charge in [0.05, 0.1) is 6.20 Å². The Kier molecular flexibility index (Phi) is 5.42. The summed E-state index contributed by atoms with van der Waals surface area (Å²) in [6.07, 6.45) is 4.62. The average Bonchev–Trinajstić information content (AvgIpc) is 3.13. The van der Waals surface area contributed by atoms with E-state index < -0.39 is 0 Å². The topological polar surface area (TPSA) is 78.5 Å². The van der Waals surface area contributed by atoms with Crippen molar-refractivity contribution < 1.29 is 0 Å². The number of aromatic amines is 1. The van der Waals surface area contributed by atoms with Crippen molar-refractivity contribution in [2.24, 2.45) is 0 Å². The summed E-state index contributed by atoms with van der Waals surface area (Å²) in [6, 6.07) is 14.6. The van der Waals surface area contributed by atoms with Gasteiger partial charge in [0.15, 0.2) is 5.82 Å². The smallest absolute Gasteiger partial charge is 0.249 e. The maximum Gasteiger partial charge on any atom is 0.249 e. The van der Waals surface area contributed by atoms with Crippen LogP contribution in [0.2, 0.25) is 0 Å². The normalized spacial score (nSPS) is 11.2. The Morgan fingerprint density at radius 3 is 2.79 bits per heavy atom. The van der Waals surface area contributed by atoms with Crippen molar-refractivity contribution in [3.63, 3.8) is 0 Å². The number of hydrogen-bond donors (Lipinski definition) is 3. The number of anilines is 3. The first kappa shape index (κ1) is 18.9. The van der Waals surface area contributed by atoms with Gasteiger partial charge < -0.3 is 15.6 Å².